The molecule has 26 heavy (non-hydrogen) atoms. The van der Waals surface area contributed by atoms with Gasteiger partial charge in [-0.1, -0.05) is 19.1 Å². The first-order chi connectivity index (χ1) is 12.1. The van der Waals surface area contributed by atoms with Crippen LogP contribution in [0.3, 0.4) is 0 Å². The summed E-state index contributed by atoms with van der Waals surface area (Å²) in [6.07, 6.45) is -0.622. The minimum atomic E-state index is -0.752. The predicted octanol–water partition coefficient (Wildman–Crippen LogP) is 3.42. The van der Waals surface area contributed by atoms with Crippen LogP contribution in [0.2, 0.25) is 0 Å². The van der Waals surface area contributed by atoms with Gasteiger partial charge in [0.1, 0.15) is 11.6 Å². The quantitative estimate of drug-likeness (QED) is 0.843. The standard InChI is InChI=1S/C20H29N3O3/c1-7-23(8-2)18(24)17(22-19(25)26-20(4,5)6)14(3)16-11-9-15(13-21)10-12-16/h9-12,14,17H,7-8H2,1-6H3,(H,22,25)/t14-,17+/m0/s1. The lowest BCUT2D eigenvalue weighted by molar-refractivity contribution is -0.133. The third-order valence-corrected chi connectivity index (χ3v) is 4.08. The fourth-order valence-electron chi connectivity index (χ4n) is 2.62. The number of ether oxygens (including phenoxy) is 1. The molecule has 0 heterocycles. The molecule has 0 aromatic heterocycles. The van der Waals surface area contributed by atoms with E-state index in [1.807, 2.05) is 32.9 Å². The van der Waals surface area contributed by atoms with Gasteiger partial charge in [0, 0.05) is 19.0 Å². The van der Waals surface area contributed by atoms with E-state index in [1.165, 1.54) is 0 Å². The number of likely N-dealkylation sites (N-methyl/N-ethyl adjacent to an activating group) is 1. The number of carbonyl (C=O) groups is 2. The maximum absolute atomic E-state index is 12.9. The molecular weight excluding hydrogens is 330 g/mol. The number of hydrogen-bond acceptors (Lipinski definition) is 4. The van der Waals surface area contributed by atoms with Crippen LogP contribution in [-0.2, 0) is 9.53 Å². The lowest BCUT2D eigenvalue weighted by Crippen LogP contribution is -2.52. The lowest BCUT2D eigenvalue weighted by Gasteiger charge is -2.31. The average molecular weight is 359 g/mol. The SMILES string of the molecule is CCN(CC)C(=O)[C@H](NC(=O)OC(C)(C)C)[C@@H](C)c1ccc(C#N)cc1. The number of benzene rings is 1. The Hall–Kier alpha value is -2.55. The fraction of sp³-hybridized carbons (Fsp3) is 0.550. The van der Waals surface area contributed by atoms with Gasteiger partial charge in [0.2, 0.25) is 5.91 Å². The van der Waals surface area contributed by atoms with E-state index >= 15 is 0 Å². The maximum atomic E-state index is 12.9. The van der Waals surface area contributed by atoms with Crippen molar-refractivity contribution in [3.8, 4) is 6.07 Å². The van der Waals surface area contributed by atoms with Crippen molar-refractivity contribution in [1.82, 2.24) is 10.2 Å². The Kier molecular flexibility index (Phi) is 7.63. The fourth-order valence-corrected chi connectivity index (χ4v) is 2.62. The molecule has 0 spiro atoms. The molecule has 0 aliphatic rings. The number of amides is 2. The van der Waals surface area contributed by atoms with Gasteiger partial charge < -0.3 is 15.0 Å². The third-order valence-electron chi connectivity index (χ3n) is 4.08. The second kappa shape index (κ2) is 9.23. The van der Waals surface area contributed by atoms with Crippen LogP contribution in [0.5, 0.6) is 0 Å². The molecule has 6 heteroatoms. The Morgan fingerprint density at radius 2 is 1.73 bits per heavy atom. The van der Waals surface area contributed by atoms with E-state index in [0.29, 0.717) is 18.7 Å². The van der Waals surface area contributed by atoms with Crippen LogP contribution in [0.15, 0.2) is 24.3 Å². The van der Waals surface area contributed by atoms with Crippen LogP contribution in [-0.4, -0.2) is 41.6 Å². The van der Waals surface area contributed by atoms with E-state index in [1.54, 1.807) is 37.8 Å². The van der Waals surface area contributed by atoms with Crippen LogP contribution in [0, 0.1) is 11.3 Å². The zero-order valence-corrected chi connectivity index (χ0v) is 16.5. The van der Waals surface area contributed by atoms with Crippen molar-refractivity contribution < 1.29 is 14.3 Å². The molecule has 0 saturated heterocycles. The molecule has 142 valence electrons. The van der Waals surface area contributed by atoms with Gasteiger partial charge in [0.25, 0.3) is 0 Å². The highest BCUT2D eigenvalue weighted by atomic mass is 16.6. The number of rotatable bonds is 6. The normalized spacial score (nSPS) is 13.3. The van der Waals surface area contributed by atoms with E-state index in [0.717, 1.165) is 5.56 Å². The minimum absolute atomic E-state index is 0.155. The van der Waals surface area contributed by atoms with Crippen molar-refractivity contribution in [2.75, 3.05) is 13.1 Å². The van der Waals surface area contributed by atoms with Crippen molar-refractivity contribution in [1.29, 1.82) is 5.26 Å². The van der Waals surface area contributed by atoms with Crippen LogP contribution in [0.25, 0.3) is 0 Å². The summed E-state index contributed by atoms with van der Waals surface area (Å²) >= 11 is 0. The molecule has 6 nitrogen and oxygen atoms in total. The van der Waals surface area contributed by atoms with Gasteiger partial charge in [0.15, 0.2) is 0 Å². The summed E-state index contributed by atoms with van der Waals surface area (Å²) in [5, 5.41) is 11.7. The van der Waals surface area contributed by atoms with Crippen LogP contribution in [0.4, 0.5) is 4.79 Å². The Morgan fingerprint density at radius 3 is 2.15 bits per heavy atom. The molecule has 2 atom stereocenters. The lowest BCUT2D eigenvalue weighted by atomic mass is 9.91. The van der Waals surface area contributed by atoms with E-state index in [2.05, 4.69) is 11.4 Å². The third kappa shape index (κ3) is 6.07. The maximum Gasteiger partial charge on any atom is 0.408 e. The Morgan fingerprint density at radius 1 is 1.19 bits per heavy atom. The molecule has 0 bridgehead atoms. The Bertz CT molecular complexity index is 652. The first-order valence-electron chi connectivity index (χ1n) is 8.91. The molecule has 0 radical (unpaired) electrons. The Labute approximate surface area is 156 Å². The molecule has 0 fully saturated rings. The summed E-state index contributed by atoms with van der Waals surface area (Å²) in [6.45, 7) is 12.1. The van der Waals surface area contributed by atoms with E-state index in [-0.39, 0.29) is 11.8 Å². The summed E-state index contributed by atoms with van der Waals surface area (Å²) < 4.78 is 5.32. The van der Waals surface area contributed by atoms with Gasteiger partial charge in [-0.25, -0.2) is 4.79 Å². The highest BCUT2D eigenvalue weighted by molar-refractivity contribution is 5.86. The highest BCUT2D eigenvalue weighted by Gasteiger charge is 2.32. The molecule has 1 N–H and O–H groups in total. The molecule has 0 saturated carbocycles. The molecule has 0 aliphatic heterocycles. The molecule has 0 unspecified atom stereocenters. The van der Waals surface area contributed by atoms with Gasteiger partial charge in [0.05, 0.1) is 11.6 Å². The molecule has 1 aromatic rings. The minimum Gasteiger partial charge on any atom is -0.444 e. The summed E-state index contributed by atoms with van der Waals surface area (Å²) in [7, 11) is 0. The topological polar surface area (TPSA) is 82.4 Å². The first-order valence-corrected chi connectivity index (χ1v) is 8.91. The molecule has 1 aromatic carbocycles. The second-order valence-electron chi connectivity index (χ2n) is 7.16. The van der Waals surface area contributed by atoms with Gasteiger partial charge >= 0.3 is 6.09 Å². The molecule has 1 rings (SSSR count). The van der Waals surface area contributed by atoms with Crippen LogP contribution in [0.1, 0.15) is 58.6 Å². The van der Waals surface area contributed by atoms with Crippen LogP contribution >= 0.6 is 0 Å². The van der Waals surface area contributed by atoms with Gasteiger partial charge in [-0.2, -0.15) is 5.26 Å². The summed E-state index contributed by atoms with van der Waals surface area (Å²) in [4.78, 5) is 26.9. The molecule has 2 amide bonds. The van der Waals surface area contributed by atoms with Crippen LogP contribution < -0.4 is 5.32 Å². The van der Waals surface area contributed by atoms with Crippen molar-refractivity contribution in [3.05, 3.63) is 35.4 Å². The molecule has 0 aliphatic carbocycles. The molecular formula is C20H29N3O3. The second-order valence-corrected chi connectivity index (χ2v) is 7.16. The largest absolute Gasteiger partial charge is 0.444 e. The average Bonchev–Trinajstić information content (AvgIpc) is 2.58. The van der Waals surface area contributed by atoms with Gasteiger partial charge in [-0.05, 0) is 52.3 Å². The van der Waals surface area contributed by atoms with Gasteiger partial charge in [-0.3, -0.25) is 4.79 Å². The van der Waals surface area contributed by atoms with E-state index in [4.69, 9.17) is 10.00 Å². The van der Waals surface area contributed by atoms with Crippen molar-refractivity contribution in [2.45, 2.75) is 59.1 Å². The number of nitrogens with one attached hydrogen (secondary N) is 1. The number of nitriles is 1. The summed E-state index contributed by atoms with van der Waals surface area (Å²) in [5.74, 6) is -0.430. The number of alkyl carbamates (subject to hydrolysis) is 1. The predicted molar refractivity (Wildman–Crippen MR) is 101 cm³/mol. The van der Waals surface area contributed by atoms with E-state index in [9.17, 15) is 9.59 Å². The van der Waals surface area contributed by atoms with Crippen molar-refractivity contribution in [3.63, 3.8) is 0 Å². The summed E-state index contributed by atoms with van der Waals surface area (Å²) in [5.41, 5.74) is 0.767. The van der Waals surface area contributed by atoms with Crippen molar-refractivity contribution >= 4 is 12.0 Å². The summed E-state index contributed by atoms with van der Waals surface area (Å²) in [6, 6.07) is 8.35. The zero-order chi connectivity index (χ0) is 19.9. The highest BCUT2D eigenvalue weighted by Crippen LogP contribution is 2.22. The zero-order valence-electron chi connectivity index (χ0n) is 16.5. The van der Waals surface area contributed by atoms with E-state index < -0.39 is 17.7 Å². The number of nitrogens with zero attached hydrogens (tertiary/aromatic N) is 2. The number of carbonyl (C=O) groups excluding carboxylic acids is 2. The monoisotopic (exact) mass is 359 g/mol. The number of hydrogen-bond donors (Lipinski definition) is 1. The smallest absolute Gasteiger partial charge is 0.408 e. The first kappa shape index (κ1) is 21.5. The van der Waals surface area contributed by atoms with Gasteiger partial charge in [-0.15, -0.1) is 0 Å². The van der Waals surface area contributed by atoms with Crippen molar-refractivity contribution in [2.24, 2.45) is 0 Å². The Balaban J connectivity index is 3.10.